The third kappa shape index (κ3) is 3.65. The number of thioether (sulfide) groups is 1. The maximum Gasteiger partial charge on any atom is 0.416 e. The highest BCUT2D eigenvalue weighted by Crippen LogP contribution is 2.30. The van der Waals surface area contributed by atoms with Crippen molar-refractivity contribution in [2.24, 2.45) is 10.9 Å². The van der Waals surface area contributed by atoms with Crippen LogP contribution in [0, 0.1) is 5.92 Å². The van der Waals surface area contributed by atoms with Crippen LogP contribution in [-0.4, -0.2) is 17.0 Å². The van der Waals surface area contributed by atoms with Crippen molar-refractivity contribution in [2.45, 2.75) is 26.1 Å². The lowest BCUT2D eigenvalue weighted by Crippen LogP contribution is -2.12. The maximum atomic E-state index is 12.4. The quantitative estimate of drug-likeness (QED) is 0.880. The Morgan fingerprint density at radius 1 is 1.26 bits per heavy atom. The summed E-state index contributed by atoms with van der Waals surface area (Å²) in [6.07, 6.45) is -4.29. The molecule has 0 spiro atoms. The van der Waals surface area contributed by atoms with E-state index in [0.29, 0.717) is 11.6 Å². The molecule has 0 saturated heterocycles. The topological polar surface area (TPSA) is 24.4 Å². The smallest absolute Gasteiger partial charge is 0.335 e. The number of aliphatic imine (C=N–C) groups is 1. The van der Waals surface area contributed by atoms with Crippen LogP contribution in [0.5, 0.6) is 0 Å². The van der Waals surface area contributed by atoms with Gasteiger partial charge in [0.05, 0.1) is 11.6 Å². The number of alkyl halides is 3. The first-order valence-electron chi connectivity index (χ1n) is 6.01. The van der Waals surface area contributed by atoms with Gasteiger partial charge in [-0.05, 0) is 30.2 Å². The molecule has 1 aromatic rings. The minimum Gasteiger partial charge on any atom is -0.335 e. The predicted molar refractivity (Wildman–Crippen MR) is 73.6 cm³/mol. The molecule has 0 radical (unpaired) electrons. The molecule has 1 aromatic carbocycles. The molecule has 6 heteroatoms. The number of hydrogen-bond donors (Lipinski definition) is 1. The molecule has 1 aliphatic rings. The number of hydrogen-bond acceptors (Lipinski definition) is 3. The number of rotatable bonds is 2. The van der Waals surface area contributed by atoms with Crippen molar-refractivity contribution in [1.29, 1.82) is 0 Å². The molecule has 1 N–H and O–H groups in total. The highest BCUT2D eigenvalue weighted by Gasteiger charge is 2.30. The van der Waals surface area contributed by atoms with Gasteiger partial charge in [-0.1, -0.05) is 25.6 Å². The summed E-state index contributed by atoms with van der Waals surface area (Å²) < 4.78 is 37.2. The monoisotopic (exact) mass is 288 g/mol. The van der Waals surface area contributed by atoms with E-state index < -0.39 is 11.7 Å². The molecule has 0 aromatic heterocycles. The maximum absolute atomic E-state index is 12.4. The van der Waals surface area contributed by atoms with Crippen molar-refractivity contribution >= 4 is 22.6 Å². The van der Waals surface area contributed by atoms with Crippen LogP contribution in [0.1, 0.15) is 19.4 Å². The van der Waals surface area contributed by atoms with Crippen molar-refractivity contribution in [3.63, 3.8) is 0 Å². The lowest BCUT2D eigenvalue weighted by atomic mass is 10.1. The fourth-order valence-electron chi connectivity index (χ4n) is 1.67. The van der Waals surface area contributed by atoms with Crippen LogP contribution in [0.25, 0.3) is 0 Å². The third-order valence-corrected chi connectivity index (χ3v) is 3.90. The fraction of sp³-hybridized carbons (Fsp3) is 0.462. The molecule has 19 heavy (non-hydrogen) atoms. The molecule has 0 saturated carbocycles. The molecule has 1 atom stereocenters. The number of nitrogens with one attached hydrogen (secondary N) is 1. The summed E-state index contributed by atoms with van der Waals surface area (Å²) in [5.74, 6) is 1.39. The molecule has 1 aliphatic heterocycles. The van der Waals surface area contributed by atoms with Crippen LogP contribution in [0.3, 0.4) is 0 Å². The van der Waals surface area contributed by atoms with Crippen LogP contribution in [-0.2, 0) is 6.18 Å². The van der Waals surface area contributed by atoms with E-state index >= 15 is 0 Å². The van der Waals surface area contributed by atoms with Crippen molar-refractivity contribution in [3.05, 3.63) is 29.8 Å². The van der Waals surface area contributed by atoms with Gasteiger partial charge in [-0.3, -0.25) is 4.99 Å². The second-order valence-electron chi connectivity index (χ2n) is 4.76. The lowest BCUT2D eigenvalue weighted by molar-refractivity contribution is -0.137. The molecule has 2 nitrogen and oxygen atoms in total. The Balaban J connectivity index is 2.03. The summed E-state index contributed by atoms with van der Waals surface area (Å²) in [7, 11) is 0. The molecule has 0 fully saturated rings. The van der Waals surface area contributed by atoms with Crippen LogP contribution in [0.4, 0.5) is 18.9 Å². The van der Waals surface area contributed by atoms with Crippen LogP contribution in [0.2, 0.25) is 0 Å². The molecule has 2 rings (SSSR count). The second kappa shape index (κ2) is 5.45. The first-order chi connectivity index (χ1) is 8.86. The number of nitrogens with zero attached hydrogens (tertiary/aromatic N) is 1. The van der Waals surface area contributed by atoms with E-state index in [9.17, 15) is 13.2 Å². The molecular weight excluding hydrogens is 273 g/mol. The van der Waals surface area contributed by atoms with Gasteiger partial charge in [-0.15, -0.1) is 0 Å². The summed E-state index contributed by atoms with van der Waals surface area (Å²) in [5, 5.41) is 3.83. The van der Waals surface area contributed by atoms with E-state index in [0.717, 1.165) is 23.1 Å². The van der Waals surface area contributed by atoms with Crippen LogP contribution in [0.15, 0.2) is 29.3 Å². The van der Waals surface area contributed by atoms with E-state index in [-0.39, 0.29) is 6.04 Å². The normalized spacial score (nSPS) is 19.7. The highest BCUT2D eigenvalue weighted by atomic mass is 32.2. The summed E-state index contributed by atoms with van der Waals surface area (Å²) in [4.78, 5) is 4.50. The Morgan fingerprint density at radius 3 is 2.37 bits per heavy atom. The number of halogens is 3. The zero-order valence-corrected chi connectivity index (χ0v) is 11.5. The van der Waals surface area contributed by atoms with E-state index in [1.807, 2.05) is 0 Å². The Hall–Kier alpha value is -1.17. The number of amidine groups is 1. The van der Waals surface area contributed by atoms with Gasteiger partial charge in [0, 0.05) is 11.4 Å². The summed E-state index contributed by atoms with van der Waals surface area (Å²) in [6.45, 7) is 4.21. The van der Waals surface area contributed by atoms with E-state index in [4.69, 9.17) is 0 Å². The van der Waals surface area contributed by atoms with Gasteiger partial charge < -0.3 is 5.32 Å². The first-order valence-corrected chi connectivity index (χ1v) is 6.99. The van der Waals surface area contributed by atoms with Gasteiger partial charge >= 0.3 is 6.18 Å². The average Bonchev–Trinajstić information content (AvgIpc) is 2.77. The van der Waals surface area contributed by atoms with E-state index in [1.54, 1.807) is 11.8 Å². The van der Waals surface area contributed by atoms with Crippen molar-refractivity contribution in [1.82, 2.24) is 0 Å². The SMILES string of the molecule is CC(C)C1CSC(Nc2ccc(C(F)(F)F)cc2)=N1. The van der Waals surface area contributed by atoms with Gasteiger partial charge in [0.1, 0.15) is 0 Å². The second-order valence-corrected chi connectivity index (χ2v) is 5.77. The van der Waals surface area contributed by atoms with Crippen molar-refractivity contribution in [2.75, 3.05) is 11.1 Å². The van der Waals surface area contributed by atoms with E-state index in [1.165, 1.54) is 12.1 Å². The zero-order valence-electron chi connectivity index (χ0n) is 10.7. The molecule has 104 valence electrons. The summed E-state index contributed by atoms with van der Waals surface area (Å²) >= 11 is 1.60. The fourth-order valence-corrected chi connectivity index (χ4v) is 2.85. The van der Waals surface area contributed by atoms with E-state index in [2.05, 4.69) is 24.2 Å². The van der Waals surface area contributed by atoms with Crippen molar-refractivity contribution < 1.29 is 13.2 Å². The Kier molecular flexibility index (Phi) is 4.08. The molecule has 0 aliphatic carbocycles. The molecule has 1 heterocycles. The number of anilines is 1. The third-order valence-electron chi connectivity index (χ3n) is 2.91. The first kappa shape index (κ1) is 14.2. The van der Waals surface area contributed by atoms with Gasteiger partial charge in [0.25, 0.3) is 0 Å². The lowest BCUT2D eigenvalue weighted by Gasteiger charge is -2.09. The van der Waals surface area contributed by atoms with Gasteiger partial charge in [0.15, 0.2) is 5.17 Å². The Labute approximate surface area is 114 Å². The van der Waals surface area contributed by atoms with Gasteiger partial charge in [-0.25, -0.2) is 0 Å². The largest absolute Gasteiger partial charge is 0.416 e. The van der Waals surface area contributed by atoms with Gasteiger partial charge in [-0.2, -0.15) is 13.2 Å². The average molecular weight is 288 g/mol. The Bertz CT molecular complexity index is 466. The van der Waals surface area contributed by atoms with Crippen LogP contribution >= 0.6 is 11.8 Å². The molecule has 0 bridgehead atoms. The van der Waals surface area contributed by atoms with Crippen molar-refractivity contribution in [3.8, 4) is 0 Å². The standard InChI is InChI=1S/C13H15F3N2S/c1-8(2)11-7-19-12(18-11)17-10-5-3-9(4-6-10)13(14,15)16/h3-6,8,11H,7H2,1-2H3,(H,17,18). The highest BCUT2D eigenvalue weighted by molar-refractivity contribution is 8.14. The number of benzene rings is 1. The predicted octanol–water partition coefficient (Wildman–Crippen LogP) is 4.24. The minimum absolute atomic E-state index is 0.280. The molecular formula is C13H15F3N2S. The van der Waals surface area contributed by atoms with Gasteiger partial charge in [0.2, 0.25) is 0 Å². The molecule has 0 amide bonds. The summed E-state index contributed by atoms with van der Waals surface area (Å²) in [6, 6.07) is 5.27. The minimum atomic E-state index is -4.29. The zero-order chi connectivity index (χ0) is 14.0. The summed E-state index contributed by atoms with van der Waals surface area (Å²) in [5.41, 5.74) is -0.0113. The van der Waals surface area contributed by atoms with Crippen LogP contribution < -0.4 is 5.32 Å². The molecule has 1 unspecified atom stereocenters. The Morgan fingerprint density at radius 2 is 1.89 bits per heavy atom.